The van der Waals surface area contributed by atoms with Crippen LogP contribution in [0.25, 0.3) is 0 Å². The Kier molecular flexibility index (Phi) is 5.92. The van der Waals surface area contributed by atoms with Crippen LogP contribution in [-0.4, -0.2) is 5.91 Å². The molecule has 0 aliphatic heterocycles. The van der Waals surface area contributed by atoms with Crippen LogP contribution in [0.15, 0.2) is 0 Å². The molecule has 1 amide bonds. The van der Waals surface area contributed by atoms with E-state index in [0.717, 1.165) is 31.1 Å². The lowest BCUT2D eigenvalue weighted by atomic mass is 9.63. The molecule has 0 heterocycles. The number of primary amides is 1. The number of nitrogens with two attached hydrogens (primary N) is 1. The van der Waals surface area contributed by atoms with E-state index in [-0.39, 0.29) is 11.3 Å². The van der Waals surface area contributed by atoms with E-state index in [9.17, 15) is 4.79 Å². The van der Waals surface area contributed by atoms with Gasteiger partial charge in [0.1, 0.15) is 0 Å². The van der Waals surface area contributed by atoms with Crippen molar-refractivity contribution in [3.05, 3.63) is 0 Å². The van der Waals surface area contributed by atoms with Crippen LogP contribution in [0.3, 0.4) is 0 Å². The third-order valence-corrected chi connectivity index (χ3v) is 6.09. The maximum Gasteiger partial charge on any atom is 0.223 e. The second-order valence-electron chi connectivity index (χ2n) is 7.34. The van der Waals surface area contributed by atoms with E-state index >= 15 is 0 Å². The molecule has 0 unspecified atom stereocenters. The number of amides is 1. The van der Waals surface area contributed by atoms with Gasteiger partial charge in [0.2, 0.25) is 5.91 Å². The van der Waals surface area contributed by atoms with Crippen LogP contribution in [0.1, 0.15) is 90.4 Å². The number of carbonyl (C=O) groups is 1. The quantitative estimate of drug-likeness (QED) is 0.697. The fourth-order valence-corrected chi connectivity index (χ4v) is 4.60. The Bertz CT molecular complexity index is 299. The lowest BCUT2D eigenvalue weighted by Gasteiger charge is -2.41. The summed E-state index contributed by atoms with van der Waals surface area (Å²) in [6.07, 6.45) is 16.5. The molecular weight excluding hydrogens is 246 g/mol. The minimum absolute atomic E-state index is 0.0179. The molecule has 0 atom stereocenters. The van der Waals surface area contributed by atoms with Crippen molar-refractivity contribution < 1.29 is 4.79 Å². The summed E-state index contributed by atoms with van der Waals surface area (Å²) in [5, 5.41) is 0. The van der Waals surface area contributed by atoms with Gasteiger partial charge in [-0.1, -0.05) is 58.3 Å². The van der Waals surface area contributed by atoms with Crippen molar-refractivity contribution in [3.63, 3.8) is 0 Å². The van der Waals surface area contributed by atoms with Gasteiger partial charge in [0.05, 0.1) is 0 Å². The van der Waals surface area contributed by atoms with Crippen molar-refractivity contribution >= 4 is 5.91 Å². The van der Waals surface area contributed by atoms with E-state index in [4.69, 9.17) is 5.73 Å². The zero-order valence-electron chi connectivity index (χ0n) is 13.3. The molecular formula is C18H33NO. The number of hydrogen-bond acceptors (Lipinski definition) is 1. The fraction of sp³-hybridized carbons (Fsp3) is 0.944. The number of carbonyl (C=O) groups excluding carboxylic acids is 1. The summed E-state index contributed by atoms with van der Waals surface area (Å²) in [4.78, 5) is 12.0. The van der Waals surface area contributed by atoms with Gasteiger partial charge in [0, 0.05) is 5.41 Å². The first-order chi connectivity index (χ1) is 9.68. The van der Waals surface area contributed by atoms with E-state index in [1.807, 2.05) is 0 Å². The molecule has 2 aliphatic rings. The summed E-state index contributed by atoms with van der Waals surface area (Å²) in [7, 11) is 0. The topological polar surface area (TPSA) is 43.1 Å². The van der Waals surface area contributed by atoms with Crippen molar-refractivity contribution in [2.45, 2.75) is 90.4 Å². The molecule has 2 saturated carbocycles. The zero-order valence-corrected chi connectivity index (χ0v) is 13.3. The Morgan fingerprint density at radius 1 is 1.00 bits per heavy atom. The lowest BCUT2D eigenvalue weighted by molar-refractivity contribution is -0.131. The first-order valence-electron chi connectivity index (χ1n) is 8.98. The number of hydrogen-bond donors (Lipinski definition) is 1. The predicted molar refractivity (Wildman–Crippen MR) is 84.3 cm³/mol. The van der Waals surface area contributed by atoms with Gasteiger partial charge >= 0.3 is 0 Å². The molecule has 2 rings (SSSR count). The van der Waals surface area contributed by atoms with Gasteiger partial charge in [-0.25, -0.2) is 0 Å². The van der Waals surface area contributed by atoms with Gasteiger partial charge < -0.3 is 5.73 Å². The maximum atomic E-state index is 12.0. The Balaban J connectivity index is 1.86. The third kappa shape index (κ3) is 3.77. The third-order valence-electron chi connectivity index (χ3n) is 6.09. The monoisotopic (exact) mass is 279 g/mol. The normalized spacial score (nSPS) is 32.1. The molecule has 0 bridgehead atoms. The molecule has 116 valence electrons. The molecule has 0 aromatic heterocycles. The van der Waals surface area contributed by atoms with Crippen molar-refractivity contribution in [1.29, 1.82) is 0 Å². The zero-order chi connectivity index (χ0) is 14.4. The number of unbranched alkanes of at least 4 members (excludes halogenated alkanes) is 2. The second kappa shape index (κ2) is 7.47. The molecule has 2 fully saturated rings. The van der Waals surface area contributed by atoms with E-state index in [2.05, 4.69) is 6.92 Å². The first-order valence-corrected chi connectivity index (χ1v) is 8.98. The molecule has 2 N–H and O–H groups in total. The van der Waals surface area contributed by atoms with E-state index < -0.39 is 0 Å². The number of rotatable bonds is 6. The summed E-state index contributed by atoms with van der Waals surface area (Å²) in [5.41, 5.74) is 5.62. The molecule has 0 aromatic carbocycles. The Morgan fingerprint density at radius 2 is 1.60 bits per heavy atom. The summed E-state index contributed by atoms with van der Waals surface area (Å²) in [6.45, 7) is 2.22. The average molecular weight is 279 g/mol. The van der Waals surface area contributed by atoms with Crippen LogP contribution < -0.4 is 5.73 Å². The van der Waals surface area contributed by atoms with E-state index in [0.29, 0.717) is 0 Å². The minimum atomic E-state index is -0.152. The maximum absolute atomic E-state index is 12.0. The largest absolute Gasteiger partial charge is 0.369 e. The molecule has 2 heteroatoms. The highest BCUT2D eigenvalue weighted by atomic mass is 16.1. The standard InChI is InChI=1S/C18H33NO/c1-2-3-7-12-18(17(19)20)13-10-16(11-14-18)15-8-5-4-6-9-15/h15-16H,2-14H2,1H3,(H2,19,20). The fourth-order valence-electron chi connectivity index (χ4n) is 4.60. The SMILES string of the molecule is CCCCCC1(C(N)=O)CCC(C2CCCCC2)CC1. The second-order valence-corrected chi connectivity index (χ2v) is 7.34. The van der Waals surface area contributed by atoms with Gasteiger partial charge in [-0.2, -0.15) is 0 Å². The van der Waals surface area contributed by atoms with Crippen molar-refractivity contribution in [1.82, 2.24) is 0 Å². The molecule has 2 nitrogen and oxygen atoms in total. The Labute approximate surface area is 124 Å². The molecule has 0 saturated heterocycles. The highest BCUT2D eigenvalue weighted by Gasteiger charge is 2.41. The molecule has 0 spiro atoms. The smallest absolute Gasteiger partial charge is 0.223 e. The predicted octanol–water partition coefficient (Wildman–Crippen LogP) is 4.81. The van der Waals surface area contributed by atoms with Crippen LogP contribution in [0.5, 0.6) is 0 Å². The lowest BCUT2D eigenvalue weighted by Crippen LogP contribution is -2.41. The summed E-state index contributed by atoms with van der Waals surface area (Å²) in [6, 6.07) is 0. The van der Waals surface area contributed by atoms with Gasteiger partial charge in [0.15, 0.2) is 0 Å². The van der Waals surface area contributed by atoms with Crippen molar-refractivity contribution in [2.75, 3.05) is 0 Å². The van der Waals surface area contributed by atoms with Crippen LogP contribution in [0.4, 0.5) is 0 Å². The highest BCUT2D eigenvalue weighted by molar-refractivity contribution is 5.80. The Hall–Kier alpha value is -0.530. The first kappa shape index (κ1) is 15.9. The van der Waals surface area contributed by atoms with Crippen LogP contribution >= 0.6 is 0 Å². The van der Waals surface area contributed by atoms with E-state index in [1.54, 1.807) is 0 Å². The van der Waals surface area contributed by atoms with E-state index in [1.165, 1.54) is 64.2 Å². The average Bonchev–Trinajstić information content (AvgIpc) is 2.49. The summed E-state index contributed by atoms with van der Waals surface area (Å²) in [5.74, 6) is 1.81. The van der Waals surface area contributed by atoms with Gasteiger partial charge in [-0.05, 0) is 43.9 Å². The molecule has 0 radical (unpaired) electrons. The molecule has 2 aliphatic carbocycles. The van der Waals surface area contributed by atoms with Crippen LogP contribution in [0.2, 0.25) is 0 Å². The van der Waals surface area contributed by atoms with Gasteiger partial charge in [0.25, 0.3) is 0 Å². The highest BCUT2D eigenvalue weighted by Crippen LogP contribution is 2.47. The van der Waals surface area contributed by atoms with Crippen molar-refractivity contribution in [3.8, 4) is 0 Å². The van der Waals surface area contributed by atoms with Crippen LogP contribution in [0, 0.1) is 17.3 Å². The summed E-state index contributed by atoms with van der Waals surface area (Å²) < 4.78 is 0. The van der Waals surface area contributed by atoms with Crippen LogP contribution in [-0.2, 0) is 4.79 Å². The van der Waals surface area contributed by atoms with Gasteiger partial charge in [-0.3, -0.25) is 4.79 Å². The van der Waals surface area contributed by atoms with Gasteiger partial charge in [-0.15, -0.1) is 0 Å². The van der Waals surface area contributed by atoms with Crippen molar-refractivity contribution in [2.24, 2.45) is 23.0 Å². The minimum Gasteiger partial charge on any atom is -0.369 e. The Morgan fingerprint density at radius 3 is 2.15 bits per heavy atom. The molecule has 20 heavy (non-hydrogen) atoms. The molecule has 0 aromatic rings. The summed E-state index contributed by atoms with van der Waals surface area (Å²) >= 11 is 0.